The largest absolute Gasteiger partial charge is 0.325 e. The second-order valence-electron chi connectivity index (χ2n) is 2.50. The third-order valence-electron chi connectivity index (χ3n) is 1.54. The lowest BCUT2D eigenvalue weighted by Gasteiger charge is -2.05. The highest BCUT2D eigenvalue weighted by atomic mass is 35.5. The number of carbonyl (C=O) groups excluding carboxylic acids is 1. The Kier molecular flexibility index (Phi) is 6.85. The summed E-state index contributed by atoms with van der Waals surface area (Å²) in [7, 11) is 0. The van der Waals surface area contributed by atoms with Crippen LogP contribution in [0.25, 0.3) is 0 Å². The van der Waals surface area contributed by atoms with Crippen LogP contribution in [0.5, 0.6) is 0 Å². The summed E-state index contributed by atoms with van der Waals surface area (Å²) in [6.07, 6.45) is 0. The summed E-state index contributed by atoms with van der Waals surface area (Å²) in [5.74, 6) is -0.181. The van der Waals surface area contributed by atoms with Gasteiger partial charge in [-0.2, -0.15) is 0 Å². The Hall–Kier alpha value is -1.02. The van der Waals surface area contributed by atoms with E-state index in [1.807, 2.05) is 45.0 Å². The van der Waals surface area contributed by atoms with Gasteiger partial charge in [-0.1, -0.05) is 32.0 Å². The molecule has 3 heteroatoms. The van der Waals surface area contributed by atoms with Crippen LogP contribution in [0.4, 0.5) is 5.69 Å². The Labute approximate surface area is 90.3 Å². The van der Waals surface area contributed by atoms with Gasteiger partial charge in [0.25, 0.3) is 0 Å². The number of nitrogens with one attached hydrogen (secondary N) is 1. The Morgan fingerprint density at radius 3 is 2.43 bits per heavy atom. The minimum absolute atomic E-state index is 0.00562. The van der Waals surface area contributed by atoms with E-state index in [0.29, 0.717) is 0 Å². The van der Waals surface area contributed by atoms with E-state index in [9.17, 15) is 4.79 Å². The van der Waals surface area contributed by atoms with E-state index in [1.165, 1.54) is 0 Å². The molecule has 0 heterocycles. The van der Waals surface area contributed by atoms with Gasteiger partial charge in [0.15, 0.2) is 0 Å². The van der Waals surface area contributed by atoms with Crippen LogP contribution >= 0.6 is 11.6 Å². The molecule has 1 amide bonds. The number of aryl methyl sites for hydroxylation is 1. The first-order chi connectivity index (χ1) is 6.74. The lowest BCUT2D eigenvalue weighted by Crippen LogP contribution is -2.13. The van der Waals surface area contributed by atoms with E-state index in [0.717, 1.165) is 11.3 Å². The molecule has 0 bridgehead atoms. The SMILES string of the molecule is CC.Cc1ccccc1NC(=O)CCl. The number of alkyl halides is 1. The topological polar surface area (TPSA) is 29.1 Å². The molecular formula is C11H16ClNO. The predicted octanol–water partition coefficient (Wildman–Crippen LogP) is 3.20. The predicted molar refractivity (Wildman–Crippen MR) is 61.9 cm³/mol. The van der Waals surface area contributed by atoms with Gasteiger partial charge in [-0.3, -0.25) is 4.79 Å². The van der Waals surface area contributed by atoms with Crippen LogP contribution in [-0.2, 0) is 4.79 Å². The van der Waals surface area contributed by atoms with Crippen LogP contribution in [0.3, 0.4) is 0 Å². The first kappa shape index (κ1) is 13.0. The van der Waals surface area contributed by atoms with Gasteiger partial charge >= 0.3 is 0 Å². The maximum Gasteiger partial charge on any atom is 0.239 e. The fourth-order valence-corrected chi connectivity index (χ4v) is 0.964. The summed E-state index contributed by atoms with van der Waals surface area (Å²) in [6.45, 7) is 5.93. The van der Waals surface area contributed by atoms with Crippen molar-refractivity contribution >= 4 is 23.2 Å². The Bertz CT molecular complexity index is 286. The van der Waals surface area contributed by atoms with Crippen molar-refractivity contribution in [3.05, 3.63) is 29.8 Å². The molecule has 78 valence electrons. The first-order valence-corrected chi connectivity index (χ1v) is 5.19. The number of rotatable bonds is 2. The number of carbonyl (C=O) groups is 1. The molecule has 0 aliphatic rings. The number of benzene rings is 1. The molecule has 0 radical (unpaired) electrons. The number of halogens is 1. The summed E-state index contributed by atoms with van der Waals surface area (Å²) < 4.78 is 0. The lowest BCUT2D eigenvalue weighted by molar-refractivity contribution is -0.113. The van der Waals surface area contributed by atoms with E-state index in [-0.39, 0.29) is 11.8 Å². The maximum atomic E-state index is 10.9. The highest BCUT2D eigenvalue weighted by Gasteiger charge is 2.00. The van der Waals surface area contributed by atoms with Crippen LogP contribution in [0.2, 0.25) is 0 Å². The molecular weight excluding hydrogens is 198 g/mol. The van der Waals surface area contributed by atoms with Gasteiger partial charge < -0.3 is 5.32 Å². The summed E-state index contributed by atoms with van der Waals surface area (Å²) in [4.78, 5) is 10.9. The maximum absolute atomic E-state index is 10.9. The minimum Gasteiger partial charge on any atom is -0.325 e. The normalized spacial score (nSPS) is 8.57. The van der Waals surface area contributed by atoms with Crippen molar-refractivity contribution < 1.29 is 4.79 Å². The van der Waals surface area contributed by atoms with Gasteiger partial charge in [-0.05, 0) is 18.6 Å². The van der Waals surface area contributed by atoms with Gasteiger partial charge in [0.05, 0.1) is 0 Å². The second-order valence-corrected chi connectivity index (χ2v) is 2.76. The summed E-state index contributed by atoms with van der Waals surface area (Å²) in [5, 5.41) is 2.69. The van der Waals surface area contributed by atoms with Gasteiger partial charge in [0.1, 0.15) is 5.88 Å². The van der Waals surface area contributed by atoms with Crippen molar-refractivity contribution in [2.45, 2.75) is 20.8 Å². The van der Waals surface area contributed by atoms with E-state index < -0.39 is 0 Å². The highest BCUT2D eigenvalue weighted by molar-refractivity contribution is 6.29. The molecule has 0 aliphatic heterocycles. The summed E-state index contributed by atoms with van der Waals surface area (Å²) in [5.41, 5.74) is 1.86. The number of hydrogen-bond acceptors (Lipinski definition) is 1. The van der Waals surface area contributed by atoms with Gasteiger partial charge in [-0.25, -0.2) is 0 Å². The van der Waals surface area contributed by atoms with E-state index in [1.54, 1.807) is 0 Å². The number of anilines is 1. The van der Waals surface area contributed by atoms with Gasteiger partial charge in [0.2, 0.25) is 5.91 Å². The quantitative estimate of drug-likeness (QED) is 0.752. The van der Waals surface area contributed by atoms with Crippen LogP contribution in [0, 0.1) is 6.92 Å². The molecule has 0 spiro atoms. The Balaban J connectivity index is 0.000000791. The van der Waals surface area contributed by atoms with Crippen molar-refractivity contribution in [1.82, 2.24) is 0 Å². The standard InChI is InChI=1S/C9H10ClNO.C2H6/c1-7-4-2-3-5-8(7)11-9(12)6-10;1-2/h2-5H,6H2,1H3,(H,11,12);1-2H3. The highest BCUT2D eigenvalue weighted by Crippen LogP contribution is 2.12. The number of para-hydroxylation sites is 1. The second kappa shape index (κ2) is 7.39. The third-order valence-corrected chi connectivity index (χ3v) is 1.78. The van der Waals surface area contributed by atoms with Crippen LogP contribution in [0.15, 0.2) is 24.3 Å². The van der Waals surface area contributed by atoms with Crippen molar-refractivity contribution in [2.75, 3.05) is 11.2 Å². The molecule has 0 atom stereocenters. The molecule has 1 N–H and O–H groups in total. The first-order valence-electron chi connectivity index (χ1n) is 4.65. The van der Waals surface area contributed by atoms with Crippen LogP contribution in [0.1, 0.15) is 19.4 Å². The summed E-state index contributed by atoms with van der Waals surface area (Å²) >= 11 is 5.34. The molecule has 2 nitrogen and oxygen atoms in total. The van der Waals surface area contributed by atoms with Crippen LogP contribution in [-0.4, -0.2) is 11.8 Å². The lowest BCUT2D eigenvalue weighted by atomic mass is 10.2. The molecule has 0 saturated carbocycles. The average Bonchev–Trinajstić information content (AvgIpc) is 2.24. The van der Waals surface area contributed by atoms with Crippen LogP contribution < -0.4 is 5.32 Å². The molecule has 1 aromatic carbocycles. The van der Waals surface area contributed by atoms with Gasteiger partial charge in [0, 0.05) is 5.69 Å². The molecule has 0 aliphatic carbocycles. The van der Waals surface area contributed by atoms with Crippen molar-refractivity contribution in [1.29, 1.82) is 0 Å². The molecule has 0 aromatic heterocycles. The Morgan fingerprint density at radius 1 is 1.36 bits per heavy atom. The fourth-order valence-electron chi connectivity index (χ4n) is 0.897. The van der Waals surface area contributed by atoms with E-state index >= 15 is 0 Å². The zero-order valence-corrected chi connectivity index (χ0v) is 9.56. The third kappa shape index (κ3) is 4.28. The van der Waals surface area contributed by atoms with E-state index in [4.69, 9.17) is 11.6 Å². The molecule has 0 fully saturated rings. The Morgan fingerprint density at radius 2 is 1.93 bits per heavy atom. The molecule has 1 aromatic rings. The minimum atomic E-state index is -0.175. The van der Waals surface area contributed by atoms with Gasteiger partial charge in [-0.15, -0.1) is 11.6 Å². The average molecular weight is 214 g/mol. The van der Waals surface area contributed by atoms with Crippen molar-refractivity contribution in [2.24, 2.45) is 0 Å². The molecule has 14 heavy (non-hydrogen) atoms. The molecule has 0 saturated heterocycles. The smallest absolute Gasteiger partial charge is 0.239 e. The monoisotopic (exact) mass is 213 g/mol. The van der Waals surface area contributed by atoms with Crippen molar-refractivity contribution in [3.63, 3.8) is 0 Å². The van der Waals surface area contributed by atoms with Crippen molar-refractivity contribution in [3.8, 4) is 0 Å². The number of amides is 1. The zero-order chi connectivity index (χ0) is 11.0. The van der Waals surface area contributed by atoms with E-state index in [2.05, 4.69) is 5.32 Å². The molecule has 1 rings (SSSR count). The zero-order valence-electron chi connectivity index (χ0n) is 8.80. The summed E-state index contributed by atoms with van der Waals surface area (Å²) in [6, 6.07) is 7.58. The fraction of sp³-hybridized carbons (Fsp3) is 0.364. The number of hydrogen-bond donors (Lipinski definition) is 1. The molecule has 0 unspecified atom stereocenters.